The summed E-state index contributed by atoms with van der Waals surface area (Å²) in [5.74, 6) is 2.38. The molecule has 1 aliphatic rings. The molecule has 2 rings (SSSR count). The van der Waals surface area contributed by atoms with Gasteiger partial charge in [-0.3, -0.25) is 9.88 Å². The average Bonchev–Trinajstić information content (AvgIpc) is 2.49. The van der Waals surface area contributed by atoms with Crippen molar-refractivity contribution in [1.82, 2.24) is 9.88 Å². The van der Waals surface area contributed by atoms with E-state index < -0.39 is 6.10 Å². The molecule has 22 heavy (non-hydrogen) atoms. The maximum absolute atomic E-state index is 9.90. The molecular formula is C15H19Cl2N3O2. The van der Waals surface area contributed by atoms with Crippen LogP contribution < -0.4 is 4.90 Å². The summed E-state index contributed by atoms with van der Waals surface area (Å²) in [4.78, 5) is 8.29. The van der Waals surface area contributed by atoms with Gasteiger partial charge < -0.3 is 14.7 Å². The number of pyridine rings is 1. The highest BCUT2D eigenvalue weighted by molar-refractivity contribution is 6.38. The van der Waals surface area contributed by atoms with Gasteiger partial charge in [-0.2, -0.15) is 0 Å². The molecule has 7 heteroatoms. The van der Waals surface area contributed by atoms with Gasteiger partial charge in [0.25, 0.3) is 0 Å². The number of nitrogens with zero attached hydrogens (tertiary/aromatic N) is 3. The Morgan fingerprint density at radius 2 is 1.91 bits per heavy atom. The number of aliphatic hydroxyl groups excluding tert-OH is 1. The summed E-state index contributed by atoms with van der Waals surface area (Å²) in [5.41, 5.74) is 0.830. The molecular weight excluding hydrogens is 325 g/mol. The topological polar surface area (TPSA) is 48.8 Å². The zero-order valence-electron chi connectivity index (χ0n) is 12.2. The molecule has 1 aliphatic heterocycles. The SMILES string of the molecule is C#CCOCC(O)CN1CCN(c2c(Cl)cncc2Cl)CC1. The minimum atomic E-state index is -0.534. The monoisotopic (exact) mass is 343 g/mol. The summed E-state index contributed by atoms with van der Waals surface area (Å²) in [6, 6.07) is 0. The van der Waals surface area contributed by atoms with E-state index in [2.05, 4.69) is 20.7 Å². The van der Waals surface area contributed by atoms with Crippen LogP contribution in [-0.2, 0) is 4.74 Å². The minimum Gasteiger partial charge on any atom is -0.389 e. The molecule has 0 amide bonds. The number of β-amino-alcohol motifs (C(OH)–C–C–N with tert-alkyl or cyclic N) is 1. The molecule has 1 aromatic rings. The second-order valence-corrected chi connectivity index (χ2v) is 5.93. The largest absolute Gasteiger partial charge is 0.389 e. The number of halogens is 2. The highest BCUT2D eigenvalue weighted by atomic mass is 35.5. The van der Waals surface area contributed by atoms with Crippen LogP contribution in [0.25, 0.3) is 0 Å². The Bertz CT molecular complexity index is 508. The van der Waals surface area contributed by atoms with Crippen LogP contribution in [0.15, 0.2) is 12.4 Å². The molecule has 1 N–H and O–H groups in total. The number of rotatable bonds is 6. The molecule has 2 heterocycles. The van der Waals surface area contributed by atoms with Crippen molar-refractivity contribution in [3.05, 3.63) is 22.4 Å². The molecule has 0 bridgehead atoms. The Morgan fingerprint density at radius 3 is 2.50 bits per heavy atom. The average molecular weight is 344 g/mol. The van der Waals surface area contributed by atoms with Gasteiger partial charge in [-0.25, -0.2) is 0 Å². The summed E-state index contributed by atoms with van der Waals surface area (Å²) in [7, 11) is 0. The van der Waals surface area contributed by atoms with E-state index in [1.807, 2.05) is 0 Å². The van der Waals surface area contributed by atoms with Crippen LogP contribution in [0.3, 0.4) is 0 Å². The number of terminal acetylenes is 1. The lowest BCUT2D eigenvalue weighted by Gasteiger charge is -2.37. The molecule has 1 aromatic heterocycles. The van der Waals surface area contributed by atoms with Crippen LogP contribution in [0.5, 0.6) is 0 Å². The second kappa shape index (κ2) is 8.56. The number of hydrogen-bond acceptors (Lipinski definition) is 5. The second-order valence-electron chi connectivity index (χ2n) is 5.11. The molecule has 1 saturated heterocycles. The lowest BCUT2D eigenvalue weighted by atomic mass is 10.2. The quantitative estimate of drug-likeness (QED) is 0.626. The van der Waals surface area contributed by atoms with Crippen molar-refractivity contribution >= 4 is 28.9 Å². The Labute approximate surface area is 140 Å². The van der Waals surface area contributed by atoms with Crippen LogP contribution in [0.1, 0.15) is 0 Å². The lowest BCUT2D eigenvalue weighted by molar-refractivity contribution is 0.0267. The predicted molar refractivity (Wildman–Crippen MR) is 88.6 cm³/mol. The normalized spacial score (nSPS) is 17.3. The number of piperazine rings is 1. The van der Waals surface area contributed by atoms with Crippen molar-refractivity contribution in [1.29, 1.82) is 0 Å². The first-order valence-electron chi connectivity index (χ1n) is 7.07. The van der Waals surface area contributed by atoms with Crippen LogP contribution in [-0.4, -0.2) is 67.0 Å². The van der Waals surface area contributed by atoms with Gasteiger partial charge >= 0.3 is 0 Å². The van der Waals surface area contributed by atoms with Gasteiger partial charge in [0, 0.05) is 45.1 Å². The number of anilines is 1. The smallest absolute Gasteiger partial charge is 0.107 e. The summed E-state index contributed by atoms with van der Waals surface area (Å²) >= 11 is 12.4. The Morgan fingerprint density at radius 1 is 1.27 bits per heavy atom. The van der Waals surface area contributed by atoms with Crippen LogP contribution in [0.2, 0.25) is 10.0 Å². The fraction of sp³-hybridized carbons (Fsp3) is 0.533. The molecule has 5 nitrogen and oxygen atoms in total. The standard InChI is InChI=1S/C15H19Cl2N3O2/c1-2-7-22-11-12(21)10-19-3-5-20(6-4-19)15-13(16)8-18-9-14(15)17/h1,8-9,12,21H,3-7,10-11H2. The first-order valence-corrected chi connectivity index (χ1v) is 7.83. The highest BCUT2D eigenvalue weighted by Gasteiger charge is 2.22. The maximum atomic E-state index is 9.90. The molecule has 0 spiro atoms. The van der Waals surface area contributed by atoms with E-state index in [-0.39, 0.29) is 13.2 Å². The molecule has 1 atom stereocenters. The third kappa shape index (κ3) is 4.73. The molecule has 1 unspecified atom stereocenters. The first kappa shape index (κ1) is 17.3. The van der Waals surface area contributed by atoms with E-state index in [4.69, 9.17) is 34.4 Å². The molecule has 0 radical (unpaired) electrons. The zero-order chi connectivity index (χ0) is 15.9. The maximum Gasteiger partial charge on any atom is 0.107 e. The highest BCUT2D eigenvalue weighted by Crippen LogP contribution is 2.32. The lowest BCUT2D eigenvalue weighted by Crippen LogP contribution is -2.49. The van der Waals surface area contributed by atoms with E-state index >= 15 is 0 Å². The van der Waals surface area contributed by atoms with Gasteiger partial charge in [0.1, 0.15) is 6.61 Å². The van der Waals surface area contributed by atoms with Gasteiger partial charge in [-0.05, 0) is 0 Å². The van der Waals surface area contributed by atoms with Gasteiger partial charge in [0.2, 0.25) is 0 Å². The van der Waals surface area contributed by atoms with Gasteiger partial charge in [0.15, 0.2) is 0 Å². The number of aliphatic hydroxyl groups is 1. The van der Waals surface area contributed by atoms with Gasteiger partial charge in [-0.1, -0.05) is 29.1 Å². The van der Waals surface area contributed by atoms with E-state index in [0.717, 1.165) is 31.9 Å². The molecule has 0 aromatic carbocycles. The van der Waals surface area contributed by atoms with Gasteiger partial charge in [-0.15, -0.1) is 6.42 Å². The summed E-state index contributed by atoms with van der Waals surface area (Å²) in [5, 5.41) is 11.0. The van der Waals surface area contributed by atoms with Crippen LogP contribution >= 0.6 is 23.2 Å². The Balaban J connectivity index is 1.82. The molecule has 0 aliphatic carbocycles. The predicted octanol–water partition coefficient (Wildman–Crippen LogP) is 1.52. The van der Waals surface area contributed by atoms with E-state index in [1.54, 1.807) is 12.4 Å². The van der Waals surface area contributed by atoms with Crippen molar-refractivity contribution in [2.45, 2.75) is 6.10 Å². The first-order chi connectivity index (χ1) is 10.6. The molecule has 0 saturated carbocycles. The number of hydrogen-bond donors (Lipinski definition) is 1. The van der Waals surface area contributed by atoms with Crippen molar-refractivity contribution in [3.63, 3.8) is 0 Å². The summed E-state index contributed by atoms with van der Waals surface area (Å²) in [6.07, 6.45) is 7.76. The van der Waals surface area contributed by atoms with Gasteiger partial charge in [0.05, 0.1) is 28.4 Å². The third-order valence-corrected chi connectivity index (χ3v) is 4.03. The molecule has 1 fully saturated rings. The Kier molecular flexibility index (Phi) is 6.74. The van der Waals surface area contributed by atoms with E-state index in [1.165, 1.54) is 0 Å². The summed E-state index contributed by atoms with van der Waals surface area (Å²) < 4.78 is 5.14. The fourth-order valence-corrected chi connectivity index (χ4v) is 3.07. The number of aromatic nitrogens is 1. The molecule has 120 valence electrons. The van der Waals surface area contributed by atoms with Crippen molar-refractivity contribution < 1.29 is 9.84 Å². The third-order valence-electron chi connectivity index (χ3n) is 3.48. The minimum absolute atomic E-state index is 0.226. The van der Waals surface area contributed by atoms with Crippen LogP contribution in [0, 0.1) is 12.3 Å². The summed E-state index contributed by atoms with van der Waals surface area (Å²) in [6.45, 7) is 4.28. The fourth-order valence-electron chi connectivity index (χ4n) is 2.47. The van der Waals surface area contributed by atoms with Crippen molar-refractivity contribution in [3.8, 4) is 12.3 Å². The van der Waals surface area contributed by atoms with E-state index in [0.29, 0.717) is 16.6 Å². The van der Waals surface area contributed by atoms with Crippen LogP contribution in [0.4, 0.5) is 5.69 Å². The zero-order valence-corrected chi connectivity index (χ0v) is 13.7. The number of ether oxygens (including phenoxy) is 1. The Hall–Kier alpha value is -1.03. The van der Waals surface area contributed by atoms with Crippen molar-refractivity contribution in [2.24, 2.45) is 0 Å². The van der Waals surface area contributed by atoms with E-state index in [9.17, 15) is 5.11 Å². The van der Waals surface area contributed by atoms with Crippen molar-refractivity contribution in [2.75, 3.05) is 50.8 Å².